The van der Waals surface area contributed by atoms with Crippen molar-refractivity contribution in [3.8, 4) is 0 Å². The van der Waals surface area contributed by atoms with Crippen LogP contribution in [0.15, 0.2) is 59.5 Å². The molecule has 0 saturated carbocycles. The number of nitrogens with one attached hydrogen (secondary N) is 4. The first-order valence-corrected chi connectivity index (χ1v) is 13.0. The molecule has 198 valence electrons. The lowest BCUT2D eigenvalue weighted by Crippen LogP contribution is -2.54. The van der Waals surface area contributed by atoms with Crippen LogP contribution in [0.4, 0.5) is 10.5 Å². The van der Waals surface area contributed by atoms with Gasteiger partial charge in [0.25, 0.3) is 0 Å². The van der Waals surface area contributed by atoms with Crippen LogP contribution in [-0.4, -0.2) is 66.8 Å². The Morgan fingerprint density at radius 3 is 2.32 bits per heavy atom. The first-order valence-electron chi connectivity index (χ1n) is 11.6. The second-order valence-corrected chi connectivity index (χ2v) is 10.3. The number of urea groups is 1. The number of carbonyl (C=O) groups is 4. The fourth-order valence-electron chi connectivity index (χ4n) is 3.84. The Balaban J connectivity index is 1.60. The molecule has 37 heavy (non-hydrogen) atoms. The molecule has 0 spiro atoms. The molecule has 4 amide bonds. The number of sulfonamides is 1. The topological polar surface area (TPSA) is 174 Å². The van der Waals surface area contributed by atoms with Gasteiger partial charge in [-0.15, -0.1) is 0 Å². The zero-order valence-corrected chi connectivity index (χ0v) is 21.0. The van der Waals surface area contributed by atoms with E-state index >= 15 is 0 Å². The highest BCUT2D eigenvalue weighted by atomic mass is 32.2. The summed E-state index contributed by atoms with van der Waals surface area (Å²) in [6, 6.07) is 11.5. The molecule has 0 aromatic heterocycles. The van der Waals surface area contributed by atoms with E-state index < -0.39 is 46.6 Å². The summed E-state index contributed by atoms with van der Waals surface area (Å²) in [5.41, 5.74) is 1.28. The molecule has 12 nitrogen and oxygen atoms in total. The Labute approximate surface area is 214 Å². The SMILES string of the molecule is CC(=O)Nc1ccc(S(=O)(=O)N2CCC[C@H]2C(=O)N[C@@H](CNC(=O)NCc2ccccc2)C(=O)O)cc1. The van der Waals surface area contributed by atoms with Crippen LogP contribution in [0, 0.1) is 0 Å². The monoisotopic (exact) mass is 531 g/mol. The molecule has 13 heteroatoms. The third-order valence-electron chi connectivity index (χ3n) is 5.66. The summed E-state index contributed by atoms with van der Waals surface area (Å²) < 4.78 is 27.4. The quantitative estimate of drug-likeness (QED) is 0.302. The van der Waals surface area contributed by atoms with E-state index in [1.807, 2.05) is 30.3 Å². The summed E-state index contributed by atoms with van der Waals surface area (Å²) in [7, 11) is -4.06. The van der Waals surface area contributed by atoms with Crippen molar-refractivity contribution in [1.29, 1.82) is 0 Å². The van der Waals surface area contributed by atoms with Crippen LogP contribution in [0.5, 0.6) is 0 Å². The summed E-state index contributed by atoms with van der Waals surface area (Å²) >= 11 is 0. The van der Waals surface area contributed by atoms with Crippen molar-refractivity contribution in [2.75, 3.05) is 18.4 Å². The van der Waals surface area contributed by atoms with E-state index in [1.54, 1.807) is 0 Å². The van der Waals surface area contributed by atoms with Gasteiger partial charge in [-0.3, -0.25) is 9.59 Å². The molecule has 0 radical (unpaired) electrons. The molecular formula is C24H29N5O7S. The molecule has 2 atom stereocenters. The van der Waals surface area contributed by atoms with Crippen molar-refractivity contribution in [3.63, 3.8) is 0 Å². The number of anilines is 1. The van der Waals surface area contributed by atoms with E-state index in [-0.39, 0.29) is 30.3 Å². The van der Waals surface area contributed by atoms with E-state index in [0.29, 0.717) is 12.1 Å². The van der Waals surface area contributed by atoms with Crippen molar-refractivity contribution in [3.05, 3.63) is 60.2 Å². The number of nitrogens with zero attached hydrogens (tertiary/aromatic N) is 1. The zero-order chi connectivity index (χ0) is 27.0. The van der Waals surface area contributed by atoms with Crippen molar-refractivity contribution >= 4 is 39.5 Å². The van der Waals surface area contributed by atoms with E-state index in [1.165, 1.54) is 31.2 Å². The summed E-state index contributed by atoms with van der Waals surface area (Å²) in [6.45, 7) is 1.25. The van der Waals surface area contributed by atoms with Gasteiger partial charge in [-0.25, -0.2) is 18.0 Å². The lowest BCUT2D eigenvalue weighted by molar-refractivity contribution is -0.142. The van der Waals surface area contributed by atoms with E-state index in [0.717, 1.165) is 9.87 Å². The molecule has 0 unspecified atom stereocenters. The van der Waals surface area contributed by atoms with Crippen LogP contribution < -0.4 is 21.3 Å². The number of benzene rings is 2. The van der Waals surface area contributed by atoms with Gasteiger partial charge in [0.2, 0.25) is 21.8 Å². The standard InChI is InChI=1S/C24H29N5O7S/c1-16(30)27-18-9-11-19(12-10-18)37(35,36)29-13-5-8-21(29)22(31)28-20(23(32)33)15-26-24(34)25-14-17-6-3-2-4-7-17/h2-4,6-7,9-12,20-21H,5,8,13-15H2,1H3,(H,27,30)(H,28,31)(H,32,33)(H2,25,26,34)/t20-,21-/m0/s1. The molecule has 1 aliphatic heterocycles. The predicted molar refractivity (Wildman–Crippen MR) is 134 cm³/mol. The second kappa shape index (κ2) is 12.3. The fraction of sp³-hybridized carbons (Fsp3) is 0.333. The van der Waals surface area contributed by atoms with Crippen LogP contribution in [0.25, 0.3) is 0 Å². The van der Waals surface area contributed by atoms with Crippen LogP contribution in [-0.2, 0) is 31.0 Å². The molecule has 5 N–H and O–H groups in total. The van der Waals surface area contributed by atoms with Gasteiger partial charge in [0.05, 0.1) is 11.4 Å². The molecule has 1 heterocycles. The van der Waals surface area contributed by atoms with E-state index in [9.17, 15) is 32.7 Å². The number of carboxylic acid groups (broad SMARTS) is 1. The third-order valence-corrected chi connectivity index (χ3v) is 7.59. The smallest absolute Gasteiger partial charge is 0.328 e. The van der Waals surface area contributed by atoms with Gasteiger partial charge in [0.1, 0.15) is 12.1 Å². The number of carboxylic acids is 1. The number of hydrogen-bond donors (Lipinski definition) is 5. The summed E-state index contributed by atoms with van der Waals surface area (Å²) in [5, 5.41) is 19.4. The first-order chi connectivity index (χ1) is 17.6. The van der Waals surface area contributed by atoms with Gasteiger partial charge >= 0.3 is 12.0 Å². The van der Waals surface area contributed by atoms with Crippen LogP contribution in [0.1, 0.15) is 25.3 Å². The Kier molecular flexibility index (Phi) is 9.20. The normalized spacial score (nSPS) is 16.4. The maximum Gasteiger partial charge on any atom is 0.328 e. The maximum absolute atomic E-state index is 13.2. The predicted octanol–water partition coefficient (Wildman–Crippen LogP) is 0.867. The highest BCUT2D eigenvalue weighted by Crippen LogP contribution is 2.27. The minimum Gasteiger partial charge on any atom is -0.480 e. The third kappa shape index (κ3) is 7.51. The number of carbonyl (C=O) groups excluding carboxylic acids is 3. The highest BCUT2D eigenvalue weighted by molar-refractivity contribution is 7.89. The highest BCUT2D eigenvalue weighted by Gasteiger charge is 2.40. The van der Waals surface area contributed by atoms with E-state index in [2.05, 4.69) is 21.3 Å². The second-order valence-electron chi connectivity index (χ2n) is 8.43. The average Bonchev–Trinajstić information content (AvgIpc) is 3.37. The average molecular weight is 532 g/mol. The van der Waals surface area contributed by atoms with Crippen LogP contribution in [0.2, 0.25) is 0 Å². The summed E-state index contributed by atoms with van der Waals surface area (Å²) in [6.07, 6.45) is 0.630. The van der Waals surface area contributed by atoms with Gasteiger partial charge in [-0.2, -0.15) is 4.31 Å². The molecule has 3 rings (SSSR count). The fourth-order valence-corrected chi connectivity index (χ4v) is 5.50. The van der Waals surface area contributed by atoms with Crippen molar-refractivity contribution in [1.82, 2.24) is 20.3 Å². The van der Waals surface area contributed by atoms with Gasteiger partial charge in [-0.1, -0.05) is 30.3 Å². The van der Waals surface area contributed by atoms with Gasteiger partial charge in [0, 0.05) is 25.7 Å². The minimum atomic E-state index is -4.06. The molecular weight excluding hydrogens is 502 g/mol. The Bertz CT molecular complexity index is 1240. The van der Waals surface area contributed by atoms with Crippen molar-refractivity contribution in [2.45, 2.75) is 43.3 Å². The lowest BCUT2D eigenvalue weighted by Gasteiger charge is -2.25. The molecule has 1 aliphatic rings. The van der Waals surface area contributed by atoms with Gasteiger partial charge < -0.3 is 26.4 Å². The Morgan fingerprint density at radius 1 is 1.03 bits per heavy atom. The van der Waals surface area contributed by atoms with Crippen molar-refractivity contribution in [2.24, 2.45) is 0 Å². The number of aliphatic carboxylic acids is 1. The Hall–Kier alpha value is -3.97. The lowest BCUT2D eigenvalue weighted by atomic mass is 10.2. The van der Waals surface area contributed by atoms with Gasteiger partial charge in [0.15, 0.2) is 0 Å². The van der Waals surface area contributed by atoms with Crippen LogP contribution >= 0.6 is 0 Å². The minimum absolute atomic E-state index is 0.0622. The van der Waals surface area contributed by atoms with Crippen LogP contribution in [0.3, 0.4) is 0 Å². The zero-order valence-electron chi connectivity index (χ0n) is 20.1. The number of amides is 4. The Morgan fingerprint density at radius 2 is 1.70 bits per heavy atom. The summed E-state index contributed by atoms with van der Waals surface area (Å²) in [4.78, 5) is 47.8. The maximum atomic E-state index is 13.2. The molecule has 1 saturated heterocycles. The molecule has 0 bridgehead atoms. The van der Waals surface area contributed by atoms with E-state index in [4.69, 9.17) is 0 Å². The number of hydrogen-bond acceptors (Lipinski definition) is 6. The largest absolute Gasteiger partial charge is 0.480 e. The molecule has 2 aromatic carbocycles. The molecule has 1 fully saturated rings. The number of rotatable bonds is 10. The van der Waals surface area contributed by atoms with Crippen molar-refractivity contribution < 1.29 is 32.7 Å². The molecule has 0 aliphatic carbocycles. The molecule has 2 aromatic rings. The van der Waals surface area contributed by atoms with Gasteiger partial charge in [-0.05, 0) is 42.7 Å². The summed E-state index contributed by atoms with van der Waals surface area (Å²) in [5.74, 6) is -2.45. The first kappa shape index (κ1) is 27.6.